The van der Waals surface area contributed by atoms with Crippen LogP contribution in [0.5, 0.6) is 0 Å². The molecule has 1 aromatic carbocycles. The molecule has 0 aromatic heterocycles. The van der Waals surface area contributed by atoms with Crippen molar-refractivity contribution in [3.63, 3.8) is 0 Å². The molecule has 112 valence electrons. The molecule has 0 bridgehead atoms. The molecule has 0 saturated heterocycles. The van der Waals surface area contributed by atoms with Gasteiger partial charge in [-0.2, -0.15) is 0 Å². The number of nitrogens with one attached hydrogen (secondary N) is 1. The molecule has 3 N–H and O–H groups in total. The highest BCUT2D eigenvalue weighted by Gasteiger charge is 2.09. The zero-order valence-electron chi connectivity index (χ0n) is 12.2. The molecule has 0 radical (unpaired) electrons. The lowest BCUT2D eigenvalue weighted by Crippen LogP contribution is -2.35. The van der Waals surface area contributed by atoms with E-state index in [2.05, 4.69) is 5.32 Å². The van der Waals surface area contributed by atoms with Crippen LogP contribution in [-0.2, 0) is 20.7 Å². The first kappa shape index (κ1) is 16.5. The molecule has 5 nitrogen and oxygen atoms in total. The summed E-state index contributed by atoms with van der Waals surface area (Å²) < 4.78 is 10.7. The first-order valence-corrected chi connectivity index (χ1v) is 7.00. The van der Waals surface area contributed by atoms with E-state index in [9.17, 15) is 4.79 Å². The number of benzene rings is 1. The van der Waals surface area contributed by atoms with Gasteiger partial charge in [0.15, 0.2) is 6.29 Å². The molecule has 0 atom stereocenters. The van der Waals surface area contributed by atoms with Crippen LogP contribution in [0.1, 0.15) is 25.8 Å². The summed E-state index contributed by atoms with van der Waals surface area (Å²) in [4.78, 5) is 11.7. The lowest BCUT2D eigenvalue weighted by molar-refractivity contribution is -0.140. The van der Waals surface area contributed by atoms with Crippen molar-refractivity contribution in [2.75, 3.05) is 25.5 Å². The lowest BCUT2D eigenvalue weighted by Gasteiger charge is -2.17. The second-order valence-electron chi connectivity index (χ2n) is 4.39. The van der Waals surface area contributed by atoms with Gasteiger partial charge in [-0.25, -0.2) is 0 Å². The fourth-order valence-electron chi connectivity index (χ4n) is 1.77. The van der Waals surface area contributed by atoms with Crippen LogP contribution in [0.4, 0.5) is 5.69 Å². The molecular formula is C15H24N2O3. The van der Waals surface area contributed by atoms with Crippen LogP contribution >= 0.6 is 0 Å². The van der Waals surface area contributed by atoms with Gasteiger partial charge in [-0.15, -0.1) is 0 Å². The van der Waals surface area contributed by atoms with Gasteiger partial charge in [0.1, 0.15) is 0 Å². The Morgan fingerprint density at radius 3 is 2.35 bits per heavy atom. The second-order valence-corrected chi connectivity index (χ2v) is 4.39. The van der Waals surface area contributed by atoms with Crippen molar-refractivity contribution in [2.24, 2.45) is 0 Å². The van der Waals surface area contributed by atoms with Gasteiger partial charge in [-0.1, -0.05) is 12.1 Å². The normalized spacial score (nSPS) is 10.8. The summed E-state index contributed by atoms with van der Waals surface area (Å²) in [6, 6.07) is 7.55. The molecule has 0 aliphatic heterocycles. The van der Waals surface area contributed by atoms with Gasteiger partial charge in [-0.3, -0.25) is 4.79 Å². The van der Waals surface area contributed by atoms with Crippen LogP contribution in [-0.4, -0.2) is 32.0 Å². The van der Waals surface area contributed by atoms with Gasteiger partial charge in [0.2, 0.25) is 5.91 Å². The number of hydrogen-bond acceptors (Lipinski definition) is 4. The van der Waals surface area contributed by atoms with E-state index in [1.54, 1.807) is 0 Å². The Bertz CT molecular complexity index is 387. The maximum Gasteiger partial charge on any atom is 0.220 e. The summed E-state index contributed by atoms with van der Waals surface area (Å²) in [5.41, 5.74) is 7.44. The number of nitrogens with two attached hydrogens (primary N) is 1. The highest BCUT2D eigenvalue weighted by Crippen LogP contribution is 2.07. The van der Waals surface area contributed by atoms with Gasteiger partial charge in [0.25, 0.3) is 0 Å². The second kappa shape index (κ2) is 9.34. The van der Waals surface area contributed by atoms with Gasteiger partial charge >= 0.3 is 0 Å². The van der Waals surface area contributed by atoms with E-state index in [4.69, 9.17) is 15.2 Å². The molecule has 5 heteroatoms. The summed E-state index contributed by atoms with van der Waals surface area (Å²) in [6.07, 6.45) is 0.764. The first-order valence-electron chi connectivity index (χ1n) is 7.00. The molecule has 0 fully saturated rings. The SMILES string of the molecule is CCOC(CNC(=O)CCc1ccc(N)cc1)OCC. The summed E-state index contributed by atoms with van der Waals surface area (Å²) in [6.45, 7) is 5.30. The minimum Gasteiger partial charge on any atom is -0.399 e. The summed E-state index contributed by atoms with van der Waals surface area (Å²) in [7, 11) is 0. The molecule has 1 amide bonds. The fraction of sp³-hybridized carbons (Fsp3) is 0.533. The summed E-state index contributed by atoms with van der Waals surface area (Å²) >= 11 is 0. The van der Waals surface area contributed by atoms with E-state index in [1.807, 2.05) is 38.1 Å². The third kappa shape index (κ3) is 6.54. The number of anilines is 1. The van der Waals surface area contributed by atoms with E-state index < -0.39 is 0 Å². The largest absolute Gasteiger partial charge is 0.399 e. The van der Waals surface area contributed by atoms with Crippen molar-refractivity contribution in [2.45, 2.75) is 33.0 Å². The number of nitrogen functional groups attached to an aromatic ring is 1. The monoisotopic (exact) mass is 280 g/mol. The third-order valence-electron chi connectivity index (χ3n) is 2.79. The molecule has 1 aromatic rings. The van der Waals surface area contributed by atoms with Crippen LogP contribution in [0, 0.1) is 0 Å². The molecule has 0 aliphatic rings. The number of carbonyl (C=O) groups is 1. The summed E-state index contributed by atoms with van der Waals surface area (Å²) in [5, 5.41) is 2.82. The maximum atomic E-state index is 11.7. The van der Waals surface area contributed by atoms with Gasteiger partial charge in [0.05, 0.1) is 6.54 Å². The zero-order valence-corrected chi connectivity index (χ0v) is 12.2. The van der Waals surface area contributed by atoms with Crippen molar-refractivity contribution in [3.8, 4) is 0 Å². The van der Waals surface area contributed by atoms with Crippen LogP contribution in [0.2, 0.25) is 0 Å². The molecule has 20 heavy (non-hydrogen) atoms. The van der Waals surface area contributed by atoms with Crippen molar-refractivity contribution in [1.29, 1.82) is 0 Å². The highest BCUT2D eigenvalue weighted by molar-refractivity contribution is 5.76. The van der Waals surface area contributed by atoms with Crippen LogP contribution in [0.15, 0.2) is 24.3 Å². The fourth-order valence-corrected chi connectivity index (χ4v) is 1.77. The minimum atomic E-state index is -0.370. The van der Waals surface area contributed by atoms with Crippen LogP contribution in [0.3, 0.4) is 0 Å². The minimum absolute atomic E-state index is 0.00812. The van der Waals surface area contributed by atoms with Crippen LogP contribution < -0.4 is 11.1 Å². The molecule has 0 saturated carbocycles. The quantitative estimate of drug-likeness (QED) is 0.533. The Kier molecular flexibility index (Phi) is 7.69. The zero-order chi connectivity index (χ0) is 14.8. The number of amides is 1. The van der Waals surface area contributed by atoms with Crippen molar-refractivity contribution in [1.82, 2.24) is 5.32 Å². The average molecular weight is 280 g/mol. The number of aryl methyl sites for hydroxylation is 1. The van der Waals surface area contributed by atoms with Gasteiger partial charge in [0, 0.05) is 25.3 Å². The van der Waals surface area contributed by atoms with Gasteiger partial charge < -0.3 is 20.5 Å². The standard InChI is InChI=1S/C15H24N2O3/c1-3-19-15(20-4-2)11-17-14(18)10-7-12-5-8-13(16)9-6-12/h5-6,8-9,15H,3-4,7,10-11,16H2,1-2H3,(H,17,18). The number of carbonyl (C=O) groups excluding carboxylic acids is 1. The van der Waals surface area contributed by atoms with E-state index in [-0.39, 0.29) is 12.2 Å². The Labute approximate surface area is 120 Å². The molecule has 0 heterocycles. The molecule has 1 rings (SSSR count). The van der Waals surface area contributed by atoms with Crippen LogP contribution in [0.25, 0.3) is 0 Å². The number of rotatable bonds is 9. The Morgan fingerprint density at radius 1 is 1.20 bits per heavy atom. The van der Waals surface area contributed by atoms with Crippen molar-refractivity contribution in [3.05, 3.63) is 29.8 Å². The van der Waals surface area contributed by atoms with E-state index in [0.717, 1.165) is 11.3 Å². The molecule has 0 aliphatic carbocycles. The first-order chi connectivity index (χ1) is 9.65. The Hall–Kier alpha value is -1.59. The average Bonchev–Trinajstić information content (AvgIpc) is 2.44. The number of ether oxygens (including phenoxy) is 2. The topological polar surface area (TPSA) is 73.6 Å². The van der Waals surface area contributed by atoms with E-state index in [1.165, 1.54) is 0 Å². The molecule has 0 spiro atoms. The Balaban J connectivity index is 2.27. The molecular weight excluding hydrogens is 256 g/mol. The Morgan fingerprint density at radius 2 is 1.80 bits per heavy atom. The van der Waals surface area contributed by atoms with Crippen molar-refractivity contribution < 1.29 is 14.3 Å². The highest BCUT2D eigenvalue weighted by atomic mass is 16.7. The smallest absolute Gasteiger partial charge is 0.220 e. The maximum absolute atomic E-state index is 11.7. The predicted octanol–water partition coefficient (Wildman–Crippen LogP) is 1.72. The number of hydrogen-bond donors (Lipinski definition) is 2. The van der Waals surface area contributed by atoms with E-state index >= 15 is 0 Å². The van der Waals surface area contributed by atoms with Crippen molar-refractivity contribution >= 4 is 11.6 Å². The molecule has 0 unspecified atom stereocenters. The summed E-state index contributed by atoms with van der Waals surface area (Å²) in [5.74, 6) is -0.00812. The van der Waals surface area contributed by atoms with Gasteiger partial charge in [-0.05, 0) is 38.0 Å². The van der Waals surface area contributed by atoms with E-state index in [0.29, 0.717) is 32.6 Å². The third-order valence-corrected chi connectivity index (χ3v) is 2.79. The predicted molar refractivity (Wildman–Crippen MR) is 79.2 cm³/mol. The lowest BCUT2D eigenvalue weighted by atomic mass is 10.1.